The van der Waals surface area contributed by atoms with Crippen LogP contribution in [0, 0.1) is 0 Å². The fourth-order valence-electron chi connectivity index (χ4n) is 2.67. The number of para-hydroxylation sites is 1. The molecule has 0 amide bonds. The summed E-state index contributed by atoms with van der Waals surface area (Å²) < 4.78 is 66.5. The van der Waals surface area contributed by atoms with Crippen LogP contribution in [0.1, 0.15) is 11.1 Å². The largest absolute Gasteiger partial charge is 0.416 e. The number of hydrogen-bond donors (Lipinski definition) is 2. The van der Waals surface area contributed by atoms with Crippen molar-refractivity contribution in [2.24, 2.45) is 0 Å². The topological polar surface area (TPSA) is 58.2 Å². The van der Waals surface area contributed by atoms with E-state index in [9.17, 15) is 21.6 Å². The molecule has 0 atom stereocenters. The van der Waals surface area contributed by atoms with Crippen molar-refractivity contribution in [3.8, 4) is 0 Å². The van der Waals surface area contributed by atoms with Gasteiger partial charge in [0, 0.05) is 12.2 Å². The number of rotatable bonds is 6. The Kier molecular flexibility index (Phi) is 6.95. The Bertz CT molecular complexity index is 1200. The average Bonchev–Trinajstić information content (AvgIpc) is 2.70. The van der Waals surface area contributed by atoms with Crippen LogP contribution in [0.3, 0.4) is 0 Å². The lowest BCUT2D eigenvalue weighted by Gasteiger charge is -2.15. The Labute approximate surface area is 192 Å². The zero-order chi connectivity index (χ0) is 22.8. The van der Waals surface area contributed by atoms with Crippen LogP contribution < -0.4 is 10.0 Å². The molecule has 3 rings (SSSR count). The van der Waals surface area contributed by atoms with Gasteiger partial charge in [-0.15, -0.1) is 0 Å². The van der Waals surface area contributed by atoms with Crippen molar-refractivity contribution in [2.45, 2.75) is 17.6 Å². The van der Waals surface area contributed by atoms with E-state index in [2.05, 4.69) is 10.0 Å². The highest BCUT2D eigenvalue weighted by Gasteiger charge is 2.31. The van der Waals surface area contributed by atoms with Crippen molar-refractivity contribution in [3.63, 3.8) is 0 Å². The maximum Gasteiger partial charge on any atom is 0.416 e. The number of benzene rings is 3. The molecule has 0 aliphatic rings. The van der Waals surface area contributed by atoms with Gasteiger partial charge in [0.25, 0.3) is 10.0 Å². The predicted molar refractivity (Wildman–Crippen MR) is 117 cm³/mol. The van der Waals surface area contributed by atoms with E-state index in [1.54, 1.807) is 30.3 Å². The zero-order valence-electron chi connectivity index (χ0n) is 15.5. The fourth-order valence-corrected chi connectivity index (χ4v) is 4.41. The minimum Gasteiger partial charge on any atom is -0.381 e. The smallest absolute Gasteiger partial charge is 0.381 e. The van der Waals surface area contributed by atoms with Crippen LogP contribution >= 0.6 is 34.8 Å². The number of nitrogens with one attached hydrogen (secondary N) is 2. The molecule has 164 valence electrons. The van der Waals surface area contributed by atoms with Crippen molar-refractivity contribution < 1.29 is 21.6 Å². The first-order chi connectivity index (χ1) is 14.5. The average molecular weight is 510 g/mol. The lowest BCUT2D eigenvalue weighted by molar-refractivity contribution is -0.137. The normalized spacial score (nSPS) is 11.9. The molecule has 0 heterocycles. The Morgan fingerprint density at radius 1 is 0.871 bits per heavy atom. The van der Waals surface area contributed by atoms with Gasteiger partial charge in [-0.3, -0.25) is 4.72 Å². The number of halogens is 6. The lowest BCUT2D eigenvalue weighted by Crippen LogP contribution is -2.16. The highest BCUT2D eigenvalue weighted by molar-refractivity contribution is 7.92. The van der Waals surface area contributed by atoms with Crippen molar-refractivity contribution in [1.82, 2.24) is 0 Å². The predicted octanol–water partition coefficient (Wildman–Crippen LogP) is 7.08. The molecule has 0 saturated heterocycles. The second kappa shape index (κ2) is 9.16. The minimum absolute atomic E-state index is 0.176. The van der Waals surface area contributed by atoms with Gasteiger partial charge in [-0.2, -0.15) is 13.2 Å². The molecule has 0 aromatic heterocycles. The highest BCUT2D eigenvalue weighted by atomic mass is 35.5. The molecule has 4 nitrogen and oxygen atoms in total. The summed E-state index contributed by atoms with van der Waals surface area (Å²) in [7, 11) is -4.26. The minimum atomic E-state index is -4.66. The molecule has 0 aliphatic heterocycles. The molecular weight excluding hydrogens is 496 g/mol. The quantitative estimate of drug-likeness (QED) is 0.349. The molecule has 2 N–H and O–H groups in total. The maximum absolute atomic E-state index is 12.9. The third kappa shape index (κ3) is 5.77. The molecule has 0 saturated carbocycles. The molecule has 3 aromatic carbocycles. The molecule has 0 aliphatic carbocycles. The molecule has 11 heteroatoms. The van der Waals surface area contributed by atoms with E-state index in [-0.39, 0.29) is 27.3 Å². The van der Waals surface area contributed by atoms with Gasteiger partial charge in [0.2, 0.25) is 0 Å². The number of sulfonamides is 1. The summed E-state index contributed by atoms with van der Waals surface area (Å²) in [5.41, 5.74) is 0.246. The summed E-state index contributed by atoms with van der Waals surface area (Å²) in [5.74, 6) is 0. The first kappa shape index (κ1) is 23.5. The molecule has 0 spiro atoms. The summed E-state index contributed by atoms with van der Waals surface area (Å²) >= 11 is 17.9. The lowest BCUT2D eigenvalue weighted by atomic mass is 10.2. The van der Waals surface area contributed by atoms with Crippen LogP contribution in [0.5, 0.6) is 0 Å². The molecule has 0 bridgehead atoms. The van der Waals surface area contributed by atoms with Crippen molar-refractivity contribution in [1.29, 1.82) is 0 Å². The van der Waals surface area contributed by atoms with Crippen LogP contribution in [-0.2, 0) is 22.7 Å². The first-order valence-electron chi connectivity index (χ1n) is 8.64. The summed E-state index contributed by atoms with van der Waals surface area (Å²) in [5, 5.41) is 3.76. The van der Waals surface area contributed by atoms with Gasteiger partial charge in [-0.1, -0.05) is 59.1 Å². The Balaban J connectivity index is 1.84. The van der Waals surface area contributed by atoms with E-state index in [1.165, 1.54) is 6.07 Å². The summed E-state index contributed by atoms with van der Waals surface area (Å²) in [6.45, 7) is 0.176. The van der Waals surface area contributed by atoms with E-state index in [0.29, 0.717) is 17.3 Å². The van der Waals surface area contributed by atoms with Crippen LogP contribution in [0.4, 0.5) is 24.5 Å². The van der Waals surface area contributed by atoms with Crippen molar-refractivity contribution in [2.75, 3.05) is 10.0 Å². The molecule has 31 heavy (non-hydrogen) atoms. The van der Waals surface area contributed by atoms with Gasteiger partial charge in [0.05, 0.1) is 31.2 Å². The number of anilines is 2. The van der Waals surface area contributed by atoms with Gasteiger partial charge in [0.1, 0.15) is 0 Å². The van der Waals surface area contributed by atoms with Gasteiger partial charge >= 0.3 is 6.18 Å². The van der Waals surface area contributed by atoms with Crippen LogP contribution in [0.2, 0.25) is 15.1 Å². The molecule has 0 radical (unpaired) electrons. The number of alkyl halides is 3. The van der Waals surface area contributed by atoms with Gasteiger partial charge in [-0.25, -0.2) is 8.42 Å². The third-order valence-electron chi connectivity index (χ3n) is 4.20. The molecule has 3 aromatic rings. The monoisotopic (exact) mass is 508 g/mol. The molecule has 0 fully saturated rings. The van der Waals surface area contributed by atoms with E-state index in [4.69, 9.17) is 34.8 Å². The van der Waals surface area contributed by atoms with Crippen LogP contribution in [0.25, 0.3) is 0 Å². The first-order valence-corrected chi connectivity index (χ1v) is 11.3. The highest BCUT2D eigenvalue weighted by Crippen LogP contribution is 2.34. The summed E-state index contributed by atoms with van der Waals surface area (Å²) in [6, 6.07) is 13.1. The second-order valence-corrected chi connectivity index (χ2v) is 9.27. The maximum atomic E-state index is 12.9. The van der Waals surface area contributed by atoms with Gasteiger partial charge in [-0.05, 0) is 42.0 Å². The second-order valence-electron chi connectivity index (χ2n) is 6.40. The summed E-state index contributed by atoms with van der Waals surface area (Å²) in [4.78, 5) is -0.499. The van der Waals surface area contributed by atoms with Crippen molar-refractivity contribution in [3.05, 3.63) is 86.9 Å². The van der Waals surface area contributed by atoms with Gasteiger partial charge < -0.3 is 5.32 Å². The van der Waals surface area contributed by atoms with Crippen molar-refractivity contribution >= 4 is 56.2 Å². The Morgan fingerprint density at radius 2 is 1.52 bits per heavy atom. The standard InChI is InChI=1S/C20H14Cl3F3N2O2S/c21-16-9-14(10-17(22)19(16)23)27-11-12-4-1-2-7-18(12)28-31(29,30)15-6-3-5-13(8-15)20(24,25)26/h1-10,27-28H,11H2. The van der Waals surface area contributed by atoms with Gasteiger partial charge in [0.15, 0.2) is 0 Å². The zero-order valence-corrected chi connectivity index (χ0v) is 18.6. The van der Waals surface area contributed by atoms with E-state index >= 15 is 0 Å². The molecular formula is C20H14Cl3F3N2O2S. The Morgan fingerprint density at radius 3 is 2.16 bits per heavy atom. The van der Waals surface area contributed by atoms with Crippen LogP contribution in [-0.4, -0.2) is 8.42 Å². The Hall–Kier alpha value is -2.13. The van der Waals surface area contributed by atoms with Crippen LogP contribution in [0.15, 0.2) is 65.6 Å². The SMILES string of the molecule is O=S(=O)(Nc1ccccc1CNc1cc(Cl)c(Cl)c(Cl)c1)c1cccc(C(F)(F)F)c1. The summed E-state index contributed by atoms with van der Waals surface area (Å²) in [6.07, 6.45) is -4.66. The third-order valence-corrected chi connectivity index (χ3v) is 6.76. The van der Waals surface area contributed by atoms with E-state index in [0.717, 1.165) is 18.2 Å². The molecule has 0 unspecified atom stereocenters. The fraction of sp³-hybridized carbons (Fsp3) is 0.100. The van der Waals surface area contributed by atoms with E-state index in [1.807, 2.05) is 0 Å². The van der Waals surface area contributed by atoms with E-state index < -0.39 is 26.7 Å². The number of hydrogen-bond acceptors (Lipinski definition) is 3.